The average molecular weight is 298 g/mol. The number of rotatable bonds is 3. The van der Waals surface area contributed by atoms with Crippen molar-refractivity contribution in [3.05, 3.63) is 71.4 Å². The van der Waals surface area contributed by atoms with Gasteiger partial charge in [0, 0.05) is 22.3 Å². The summed E-state index contributed by atoms with van der Waals surface area (Å²) in [6.07, 6.45) is 3.19. The third-order valence-electron chi connectivity index (χ3n) is 3.08. The fourth-order valence-electron chi connectivity index (χ4n) is 2.09. The molecule has 3 aromatic rings. The summed E-state index contributed by atoms with van der Waals surface area (Å²) in [4.78, 5) is 0. The summed E-state index contributed by atoms with van der Waals surface area (Å²) in [6.45, 7) is 0. The predicted molar refractivity (Wildman–Crippen MR) is 83.4 cm³/mol. The number of halogens is 1. The molecule has 0 aliphatic carbocycles. The highest BCUT2D eigenvalue weighted by Gasteiger charge is 2.11. The highest BCUT2D eigenvalue weighted by Crippen LogP contribution is 2.24. The van der Waals surface area contributed by atoms with E-state index in [0.29, 0.717) is 5.02 Å². The predicted octanol–water partition coefficient (Wildman–Crippen LogP) is 4.00. The molecule has 5 heteroatoms. The van der Waals surface area contributed by atoms with Crippen LogP contribution in [0.4, 0.5) is 0 Å². The Bertz CT molecular complexity index is 764. The van der Waals surface area contributed by atoms with Gasteiger partial charge in [0.2, 0.25) is 0 Å². The normalized spacial score (nSPS) is 11.1. The van der Waals surface area contributed by atoms with Crippen molar-refractivity contribution in [2.45, 2.75) is 0 Å². The van der Waals surface area contributed by atoms with Crippen molar-refractivity contribution in [1.29, 1.82) is 0 Å². The Hall–Kier alpha value is -2.59. The Morgan fingerprint density at radius 1 is 1.05 bits per heavy atom. The van der Waals surface area contributed by atoms with Crippen LogP contribution in [0.1, 0.15) is 5.56 Å². The van der Waals surface area contributed by atoms with Crippen LogP contribution in [0.5, 0.6) is 0 Å². The maximum Gasteiger partial charge on any atom is 0.102 e. The van der Waals surface area contributed by atoms with Crippen LogP contribution >= 0.6 is 11.6 Å². The summed E-state index contributed by atoms with van der Waals surface area (Å²) in [5.74, 6) is 0. The molecule has 0 radical (unpaired) electrons. The molecule has 104 valence electrons. The summed E-state index contributed by atoms with van der Waals surface area (Å²) >= 11 is 5.91. The Kier molecular flexibility index (Phi) is 3.71. The van der Waals surface area contributed by atoms with E-state index in [-0.39, 0.29) is 0 Å². The Morgan fingerprint density at radius 3 is 2.43 bits per heavy atom. The SMILES string of the molecule is O/N=C\c1cn(-c2ccccc2)nc1-c1ccc(Cl)cc1. The van der Waals surface area contributed by atoms with Crippen molar-refractivity contribution >= 4 is 17.8 Å². The molecule has 0 aliphatic heterocycles. The summed E-state index contributed by atoms with van der Waals surface area (Å²) in [6, 6.07) is 17.1. The molecule has 0 fully saturated rings. The van der Waals surface area contributed by atoms with Crippen LogP contribution in [-0.2, 0) is 0 Å². The second kappa shape index (κ2) is 5.81. The number of nitrogens with zero attached hydrogens (tertiary/aromatic N) is 3. The van der Waals surface area contributed by atoms with E-state index >= 15 is 0 Å². The number of aromatic nitrogens is 2. The number of hydrogen-bond acceptors (Lipinski definition) is 3. The minimum Gasteiger partial charge on any atom is -0.411 e. The Labute approximate surface area is 126 Å². The lowest BCUT2D eigenvalue weighted by atomic mass is 10.1. The van der Waals surface area contributed by atoms with E-state index in [1.807, 2.05) is 48.7 Å². The van der Waals surface area contributed by atoms with Gasteiger partial charge in [-0.1, -0.05) is 47.1 Å². The highest BCUT2D eigenvalue weighted by molar-refractivity contribution is 6.30. The fraction of sp³-hybridized carbons (Fsp3) is 0. The lowest BCUT2D eigenvalue weighted by molar-refractivity contribution is 0.322. The second-order valence-electron chi connectivity index (χ2n) is 4.46. The van der Waals surface area contributed by atoms with E-state index in [1.54, 1.807) is 16.8 Å². The van der Waals surface area contributed by atoms with Crippen LogP contribution < -0.4 is 0 Å². The summed E-state index contributed by atoms with van der Waals surface area (Å²) in [5.41, 5.74) is 3.30. The Balaban J connectivity index is 2.11. The van der Waals surface area contributed by atoms with Gasteiger partial charge in [0.25, 0.3) is 0 Å². The molecule has 0 saturated carbocycles. The maximum absolute atomic E-state index is 8.83. The third-order valence-corrected chi connectivity index (χ3v) is 3.33. The minimum absolute atomic E-state index is 0.665. The molecule has 1 N–H and O–H groups in total. The zero-order valence-corrected chi connectivity index (χ0v) is 11.8. The quantitative estimate of drug-likeness (QED) is 0.451. The standard InChI is InChI=1S/C16H12ClN3O/c17-14-8-6-12(7-9-14)16-13(10-18-21)11-20(19-16)15-4-2-1-3-5-15/h1-11,21H/b18-10-. The molecular weight excluding hydrogens is 286 g/mol. The molecule has 0 atom stereocenters. The monoisotopic (exact) mass is 297 g/mol. The lowest BCUT2D eigenvalue weighted by Gasteiger charge is -2.00. The van der Waals surface area contributed by atoms with Gasteiger partial charge in [-0.25, -0.2) is 4.68 Å². The van der Waals surface area contributed by atoms with E-state index in [9.17, 15) is 0 Å². The van der Waals surface area contributed by atoms with Gasteiger partial charge in [-0.15, -0.1) is 0 Å². The molecule has 0 spiro atoms. The third kappa shape index (κ3) is 2.80. The van der Waals surface area contributed by atoms with Crippen LogP contribution in [-0.4, -0.2) is 21.2 Å². The van der Waals surface area contributed by atoms with Gasteiger partial charge in [0.1, 0.15) is 5.69 Å². The van der Waals surface area contributed by atoms with E-state index in [4.69, 9.17) is 16.8 Å². The summed E-state index contributed by atoms with van der Waals surface area (Å²) < 4.78 is 1.75. The van der Waals surface area contributed by atoms with Crippen molar-refractivity contribution in [2.24, 2.45) is 5.16 Å². The van der Waals surface area contributed by atoms with E-state index in [2.05, 4.69) is 10.3 Å². The van der Waals surface area contributed by atoms with Gasteiger partial charge < -0.3 is 5.21 Å². The zero-order chi connectivity index (χ0) is 14.7. The molecule has 0 saturated heterocycles. The van der Waals surface area contributed by atoms with E-state index < -0.39 is 0 Å². The van der Waals surface area contributed by atoms with Crippen molar-refractivity contribution < 1.29 is 5.21 Å². The van der Waals surface area contributed by atoms with Crippen molar-refractivity contribution in [3.8, 4) is 16.9 Å². The molecule has 0 bridgehead atoms. The largest absolute Gasteiger partial charge is 0.411 e. The topological polar surface area (TPSA) is 50.4 Å². The van der Waals surface area contributed by atoms with Crippen LogP contribution in [0.3, 0.4) is 0 Å². The number of oxime groups is 1. The molecule has 21 heavy (non-hydrogen) atoms. The fourth-order valence-corrected chi connectivity index (χ4v) is 2.22. The van der Waals surface area contributed by atoms with Crippen LogP contribution in [0, 0.1) is 0 Å². The first-order chi connectivity index (χ1) is 10.3. The number of hydrogen-bond donors (Lipinski definition) is 1. The highest BCUT2D eigenvalue weighted by atomic mass is 35.5. The molecule has 2 aromatic carbocycles. The van der Waals surface area contributed by atoms with Gasteiger partial charge in [-0.05, 0) is 24.3 Å². The maximum atomic E-state index is 8.83. The molecule has 3 rings (SSSR count). The minimum atomic E-state index is 0.665. The molecular formula is C16H12ClN3O. The molecule has 1 aromatic heterocycles. The van der Waals surface area contributed by atoms with Crippen molar-refractivity contribution in [3.63, 3.8) is 0 Å². The first kappa shape index (κ1) is 13.4. The first-order valence-electron chi connectivity index (χ1n) is 6.36. The Morgan fingerprint density at radius 2 is 1.76 bits per heavy atom. The zero-order valence-electron chi connectivity index (χ0n) is 11.0. The first-order valence-corrected chi connectivity index (χ1v) is 6.74. The second-order valence-corrected chi connectivity index (χ2v) is 4.90. The molecule has 0 aliphatic rings. The van der Waals surface area contributed by atoms with E-state index in [0.717, 1.165) is 22.5 Å². The molecule has 0 unspecified atom stereocenters. The van der Waals surface area contributed by atoms with Gasteiger partial charge in [-0.3, -0.25) is 0 Å². The molecule has 1 heterocycles. The molecule has 0 amide bonds. The van der Waals surface area contributed by atoms with Crippen molar-refractivity contribution in [1.82, 2.24) is 9.78 Å². The van der Waals surface area contributed by atoms with Gasteiger partial charge in [0.15, 0.2) is 0 Å². The molecule has 4 nitrogen and oxygen atoms in total. The van der Waals surface area contributed by atoms with Crippen LogP contribution in [0.25, 0.3) is 16.9 Å². The van der Waals surface area contributed by atoms with Crippen molar-refractivity contribution in [2.75, 3.05) is 0 Å². The van der Waals surface area contributed by atoms with E-state index in [1.165, 1.54) is 6.21 Å². The number of para-hydroxylation sites is 1. The smallest absolute Gasteiger partial charge is 0.102 e. The average Bonchev–Trinajstić information content (AvgIpc) is 2.93. The van der Waals surface area contributed by atoms with Gasteiger partial charge in [-0.2, -0.15) is 5.10 Å². The summed E-state index contributed by atoms with van der Waals surface area (Å²) in [7, 11) is 0. The van der Waals surface area contributed by atoms with Gasteiger partial charge >= 0.3 is 0 Å². The van der Waals surface area contributed by atoms with Crippen LogP contribution in [0.2, 0.25) is 5.02 Å². The van der Waals surface area contributed by atoms with Crippen LogP contribution in [0.15, 0.2) is 65.9 Å². The number of benzene rings is 2. The van der Waals surface area contributed by atoms with Gasteiger partial charge in [0.05, 0.1) is 11.9 Å². The lowest BCUT2D eigenvalue weighted by Crippen LogP contribution is -1.93. The summed E-state index contributed by atoms with van der Waals surface area (Å²) in [5, 5.41) is 17.2.